The van der Waals surface area contributed by atoms with Crippen LogP contribution in [0, 0.1) is 0 Å². The largest absolute Gasteiger partial charge is 0.317 e. The third-order valence-electron chi connectivity index (χ3n) is 5.95. The highest BCUT2D eigenvalue weighted by Gasteiger charge is 2.38. The zero-order valence-electron chi connectivity index (χ0n) is 14.2. The predicted molar refractivity (Wildman–Crippen MR) is 94.4 cm³/mol. The SMILES string of the molecule is Cn1c(CN2[C@@H]3CC[C@@H]2C=C(c2ccccc2)C3)nnc1C1CC1. The Kier molecular flexibility index (Phi) is 3.33. The van der Waals surface area contributed by atoms with E-state index in [9.17, 15) is 0 Å². The second-order valence-electron chi connectivity index (χ2n) is 7.54. The Labute approximate surface area is 143 Å². The molecule has 2 fully saturated rings. The maximum Gasteiger partial charge on any atom is 0.147 e. The molecule has 2 aliphatic heterocycles. The molecule has 2 bridgehead atoms. The van der Waals surface area contributed by atoms with Gasteiger partial charge in [0.2, 0.25) is 0 Å². The summed E-state index contributed by atoms with van der Waals surface area (Å²) in [7, 11) is 2.14. The smallest absolute Gasteiger partial charge is 0.147 e. The molecule has 124 valence electrons. The molecular weight excluding hydrogens is 296 g/mol. The maximum atomic E-state index is 4.50. The van der Waals surface area contributed by atoms with Crippen molar-refractivity contribution in [1.29, 1.82) is 0 Å². The van der Waals surface area contributed by atoms with Crippen LogP contribution in [0.3, 0.4) is 0 Å². The van der Waals surface area contributed by atoms with Gasteiger partial charge in [0.15, 0.2) is 0 Å². The van der Waals surface area contributed by atoms with E-state index < -0.39 is 0 Å². The Morgan fingerprint density at radius 3 is 2.62 bits per heavy atom. The van der Waals surface area contributed by atoms with Crippen molar-refractivity contribution in [3.05, 3.63) is 53.6 Å². The van der Waals surface area contributed by atoms with E-state index in [4.69, 9.17) is 0 Å². The molecule has 3 heterocycles. The summed E-state index contributed by atoms with van der Waals surface area (Å²) in [5.41, 5.74) is 2.92. The van der Waals surface area contributed by atoms with E-state index >= 15 is 0 Å². The third-order valence-corrected chi connectivity index (χ3v) is 5.95. The average molecular weight is 320 g/mol. The standard InChI is InChI=1S/C20H24N4/c1-23-19(21-22-20(23)15-7-8-15)13-24-17-9-10-18(24)12-16(11-17)14-5-3-2-4-6-14/h2-6,11,15,17-18H,7-10,12-13H2,1H3/t17-,18-/m1/s1. The first-order valence-electron chi connectivity index (χ1n) is 9.19. The van der Waals surface area contributed by atoms with Gasteiger partial charge in [-0.3, -0.25) is 4.90 Å². The van der Waals surface area contributed by atoms with E-state index in [1.807, 2.05) is 0 Å². The van der Waals surface area contributed by atoms with Crippen LogP contribution in [0.1, 0.15) is 55.2 Å². The summed E-state index contributed by atoms with van der Waals surface area (Å²) in [6.45, 7) is 0.935. The van der Waals surface area contributed by atoms with Crippen LogP contribution in [0.25, 0.3) is 5.57 Å². The Morgan fingerprint density at radius 2 is 1.88 bits per heavy atom. The normalized spacial score (nSPS) is 26.6. The van der Waals surface area contributed by atoms with Crippen LogP contribution in [0.15, 0.2) is 36.4 Å². The van der Waals surface area contributed by atoms with E-state index in [1.165, 1.54) is 42.6 Å². The molecule has 0 amide bonds. The Balaban J connectivity index is 1.38. The Hall–Kier alpha value is -1.94. The molecule has 1 aromatic heterocycles. The summed E-state index contributed by atoms with van der Waals surface area (Å²) in [4.78, 5) is 2.65. The minimum absolute atomic E-state index is 0.556. The van der Waals surface area contributed by atoms with Crippen LogP contribution >= 0.6 is 0 Å². The first-order valence-corrected chi connectivity index (χ1v) is 9.19. The number of fused-ring (bicyclic) bond motifs is 2. The molecule has 0 unspecified atom stereocenters. The van der Waals surface area contributed by atoms with Crippen LogP contribution in [-0.2, 0) is 13.6 Å². The lowest BCUT2D eigenvalue weighted by Gasteiger charge is -2.33. The highest BCUT2D eigenvalue weighted by atomic mass is 15.3. The summed E-state index contributed by atoms with van der Waals surface area (Å²) >= 11 is 0. The number of benzene rings is 1. The van der Waals surface area contributed by atoms with Gasteiger partial charge in [0.25, 0.3) is 0 Å². The topological polar surface area (TPSA) is 34.0 Å². The van der Waals surface area contributed by atoms with Crippen LogP contribution < -0.4 is 0 Å². The fourth-order valence-corrected chi connectivity index (χ4v) is 4.40. The van der Waals surface area contributed by atoms with Gasteiger partial charge in [-0.25, -0.2) is 0 Å². The molecule has 1 saturated carbocycles. The molecule has 0 radical (unpaired) electrons. The first-order chi connectivity index (χ1) is 11.8. The van der Waals surface area contributed by atoms with E-state index in [0.29, 0.717) is 18.0 Å². The minimum atomic E-state index is 0.556. The molecular formula is C20H24N4. The van der Waals surface area contributed by atoms with E-state index in [0.717, 1.165) is 18.8 Å². The molecule has 4 heteroatoms. The first kappa shape index (κ1) is 14.4. The zero-order valence-corrected chi connectivity index (χ0v) is 14.2. The van der Waals surface area contributed by atoms with Gasteiger partial charge in [-0.15, -0.1) is 10.2 Å². The second kappa shape index (κ2) is 5.55. The molecule has 3 aliphatic rings. The predicted octanol–water partition coefficient (Wildman–Crippen LogP) is 3.51. The molecule has 4 nitrogen and oxygen atoms in total. The molecule has 0 N–H and O–H groups in total. The van der Waals surface area contributed by atoms with Crippen molar-refractivity contribution in [2.45, 2.75) is 56.7 Å². The Bertz CT molecular complexity index is 772. The lowest BCUT2D eigenvalue weighted by molar-refractivity contribution is 0.196. The van der Waals surface area contributed by atoms with Crippen molar-refractivity contribution in [3.63, 3.8) is 0 Å². The van der Waals surface area contributed by atoms with E-state index in [1.54, 1.807) is 0 Å². The van der Waals surface area contributed by atoms with Crippen molar-refractivity contribution in [2.24, 2.45) is 7.05 Å². The molecule has 1 saturated heterocycles. The quantitative estimate of drug-likeness (QED) is 0.864. The number of hydrogen-bond acceptors (Lipinski definition) is 3. The van der Waals surface area contributed by atoms with E-state index in [2.05, 4.69) is 63.1 Å². The van der Waals surface area contributed by atoms with Crippen molar-refractivity contribution < 1.29 is 0 Å². The molecule has 2 atom stereocenters. The van der Waals surface area contributed by atoms with Gasteiger partial charge in [0, 0.05) is 25.0 Å². The van der Waals surface area contributed by atoms with Crippen LogP contribution in [-0.4, -0.2) is 31.7 Å². The summed E-state index contributed by atoms with van der Waals surface area (Å²) in [6, 6.07) is 12.1. The lowest BCUT2D eigenvalue weighted by atomic mass is 9.95. The van der Waals surface area contributed by atoms with Crippen LogP contribution in [0.5, 0.6) is 0 Å². The molecule has 1 aromatic carbocycles. The van der Waals surface area contributed by atoms with Crippen molar-refractivity contribution in [3.8, 4) is 0 Å². The van der Waals surface area contributed by atoms with Gasteiger partial charge in [0.05, 0.1) is 6.54 Å². The fraction of sp³-hybridized carbons (Fsp3) is 0.500. The summed E-state index contributed by atoms with van der Waals surface area (Å²) in [5.74, 6) is 2.99. The number of nitrogens with zero attached hydrogens (tertiary/aromatic N) is 4. The molecule has 5 rings (SSSR count). The number of rotatable bonds is 4. The van der Waals surface area contributed by atoms with Gasteiger partial charge in [-0.05, 0) is 43.2 Å². The van der Waals surface area contributed by atoms with Crippen LogP contribution in [0.4, 0.5) is 0 Å². The van der Waals surface area contributed by atoms with Gasteiger partial charge in [-0.2, -0.15) is 0 Å². The minimum Gasteiger partial charge on any atom is -0.317 e. The van der Waals surface area contributed by atoms with Crippen molar-refractivity contribution >= 4 is 5.57 Å². The highest BCUT2D eigenvalue weighted by molar-refractivity contribution is 5.68. The highest BCUT2D eigenvalue weighted by Crippen LogP contribution is 2.41. The number of aromatic nitrogens is 3. The average Bonchev–Trinajstić information content (AvgIpc) is 3.35. The summed E-state index contributed by atoms with van der Waals surface area (Å²) in [5, 5.41) is 8.94. The van der Waals surface area contributed by atoms with Crippen molar-refractivity contribution in [2.75, 3.05) is 0 Å². The Morgan fingerprint density at radius 1 is 1.04 bits per heavy atom. The number of hydrogen-bond donors (Lipinski definition) is 0. The van der Waals surface area contributed by atoms with E-state index in [-0.39, 0.29) is 0 Å². The lowest BCUT2D eigenvalue weighted by Crippen LogP contribution is -2.38. The summed E-state index contributed by atoms with van der Waals surface area (Å²) in [6.07, 6.45) is 8.79. The summed E-state index contributed by atoms with van der Waals surface area (Å²) < 4.78 is 2.24. The molecule has 0 spiro atoms. The monoisotopic (exact) mass is 320 g/mol. The third kappa shape index (κ3) is 2.40. The second-order valence-corrected chi connectivity index (χ2v) is 7.54. The zero-order chi connectivity index (χ0) is 16.1. The maximum absolute atomic E-state index is 4.50. The van der Waals surface area contributed by atoms with Gasteiger partial charge < -0.3 is 4.57 Å². The molecule has 24 heavy (non-hydrogen) atoms. The van der Waals surface area contributed by atoms with Gasteiger partial charge in [0.1, 0.15) is 11.6 Å². The molecule has 1 aliphatic carbocycles. The fourth-order valence-electron chi connectivity index (χ4n) is 4.40. The van der Waals surface area contributed by atoms with Crippen molar-refractivity contribution in [1.82, 2.24) is 19.7 Å². The van der Waals surface area contributed by atoms with Crippen LogP contribution in [0.2, 0.25) is 0 Å². The van der Waals surface area contributed by atoms with Gasteiger partial charge in [-0.1, -0.05) is 36.4 Å². The molecule has 2 aromatic rings. The van der Waals surface area contributed by atoms with Gasteiger partial charge >= 0.3 is 0 Å².